The fourth-order valence-electron chi connectivity index (χ4n) is 1.15. The highest BCUT2D eigenvalue weighted by molar-refractivity contribution is 14.1. The molecule has 0 saturated heterocycles. The van der Waals surface area contributed by atoms with Crippen LogP contribution < -0.4 is 5.32 Å². The predicted octanol–water partition coefficient (Wildman–Crippen LogP) is 3.43. The highest BCUT2D eigenvalue weighted by Gasteiger charge is 1.94. The maximum atomic E-state index is 4.19. The molecule has 0 saturated carbocycles. The van der Waals surface area contributed by atoms with Gasteiger partial charge in [-0.3, -0.25) is 0 Å². The Morgan fingerprint density at radius 2 is 2.00 bits per heavy atom. The molecule has 0 bridgehead atoms. The molecule has 0 unspecified atom stereocenters. The average Bonchev–Trinajstić information content (AvgIpc) is 2.19. The first-order valence-electron chi connectivity index (χ1n) is 4.28. The van der Waals surface area contributed by atoms with Crippen LogP contribution in [0.5, 0.6) is 0 Å². The van der Waals surface area contributed by atoms with Gasteiger partial charge in [-0.15, -0.1) is 0 Å². The summed E-state index contributed by atoms with van der Waals surface area (Å²) in [5, 5.41) is 3.23. The van der Waals surface area contributed by atoms with Crippen LogP contribution >= 0.6 is 22.6 Å². The van der Waals surface area contributed by atoms with Gasteiger partial charge in [0.05, 0.1) is 0 Å². The quantitative estimate of drug-likeness (QED) is 0.859. The molecule has 0 aliphatic rings. The van der Waals surface area contributed by atoms with E-state index in [0.717, 1.165) is 11.5 Å². The van der Waals surface area contributed by atoms with Crippen LogP contribution in [0, 0.1) is 3.57 Å². The van der Waals surface area contributed by atoms with Crippen molar-refractivity contribution in [3.8, 4) is 0 Å². The maximum Gasteiger partial charge on any atom is 0.130 e. The Hall–Kier alpha value is -1.10. The van der Waals surface area contributed by atoms with Gasteiger partial charge in [-0.25, -0.2) is 4.98 Å². The van der Waals surface area contributed by atoms with Crippen molar-refractivity contribution in [3.05, 3.63) is 52.2 Å². The molecule has 14 heavy (non-hydrogen) atoms. The summed E-state index contributed by atoms with van der Waals surface area (Å²) in [4.78, 5) is 4.19. The minimum Gasteiger partial charge on any atom is -0.340 e. The fraction of sp³-hybridized carbons (Fsp3) is 0. The molecule has 3 heteroatoms. The van der Waals surface area contributed by atoms with Gasteiger partial charge in [0, 0.05) is 15.5 Å². The summed E-state index contributed by atoms with van der Waals surface area (Å²) in [6.45, 7) is 0. The standard InChI is InChI=1S/C11H9IN2/c12-9-4-3-5-10(8-9)14-11-6-1-2-7-13-11/h1-8H,(H,13,14). The Balaban J connectivity index is 2.19. The van der Waals surface area contributed by atoms with Crippen molar-refractivity contribution < 1.29 is 0 Å². The summed E-state index contributed by atoms with van der Waals surface area (Å²) >= 11 is 2.29. The lowest BCUT2D eigenvalue weighted by Crippen LogP contribution is -1.92. The predicted molar refractivity (Wildman–Crippen MR) is 66.7 cm³/mol. The molecule has 2 nitrogen and oxygen atoms in total. The average molecular weight is 296 g/mol. The van der Waals surface area contributed by atoms with Crippen molar-refractivity contribution in [1.82, 2.24) is 4.98 Å². The van der Waals surface area contributed by atoms with Crippen molar-refractivity contribution in [2.75, 3.05) is 5.32 Å². The Kier molecular flexibility index (Phi) is 2.98. The van der Waals surface area contributed by atoms with Gasteiger partial charge in [0.25, 0.3) is 0 Å². The lowest BCUT2D eigenvalue weighted by Gasteiger charge is -2.04. The molecule has 0 spiro atoms. The van der Waals surface area contributed by atoms with Gasteiger partial charge in [0.2, 0.25) is 0 Å². The molecule has 0 atom stereocenters. The van der Waals surface area contributed by atoms with E-state index in [1.165, 1.54) is 3.57 Å². The van der Waals surface area contributed by atoms with E-state index in [2.05, 4.69) is 45.0 Å². The van der Waals surface area contributed by atoms with Crippen molar-refractivity contribution in [2.24, 2.45) is 0 Å². The van der Waals surface area contributed by atoms with E-state index in [4.69, 9.17) is 0 Å². The van der Waals surface area contributed by atoms with E-state index in [0.29, 0.717) is 0 Å². The van der Waals surface area contributed by atoms with Crippen molar-refractivity contribution >= 4 is 34.1 Å². The van der Waals surface area contributed by atoms with Gasteiger partial charge in [-0.2, -0.15) is 0 Å². The van der Waals surface area contributed by atoms with Crippen molar-refractivity contribution in [3.63, 3.8) is 0 Å². The SMILES string of the molecule is Ic1cccc(Nc2ccccn2)c1. The first-order valence-corrected chi connectivity index (χ1v) is 5.36. The monoisotopic (exact) mass is 296 g/mol. The number of nitrogens with zero attached hydrogens (tertiary/aromatic N) is 1. The highest BCUT2D eigenvalue weighted by atomic mass is 127. The molecule has 70 valence electrons. The van der Waals surface area contributed by atoms with Crippen LogP contribution in [0.25, 0.3) is 0 Å². The fourth-order valence-corrected chi connectivity index (χ4v) is 1.69. The molecule has 0 aliphatic heterocycles. The zero-order valence-corrected chi connectivity index (χ0v) is 9.60. The molecule has 1 heterocycles. The lowest BCUT2D eigenvalue weighted by molar-refractivity contribution is 1.31. The van der Waals surface area contributed by atoms with Crippen LogP contribution in [0.3, 0.4) is 0 Å². The Morgan fingerprint density at radius 3 is 2.71 bits per heavy atom. The molecule has 0 aliphatic carbocycles. The Labute approximate surface area is 96.5 Å². The number of benzene rings is 1. The molecular weight excluding hydrogens is 287 g/mol. The number of pyridine rings is 1. The molecular formula is C11H9IN2. The van der Waals surface area contributed by atoms with E-state index in [1.54, 1.807) is 6.20 Å². The Bertz CT molecular complexity index is 415. The number of hydrogen-bond donors (Lipinski definition) is 1. The van der Waals surface area contributed by atoms with E-state index >= 15 is 0 Å². The van der Waals surface area contributed by atoms with Crippen LogP contribution in [0.1, 0.15) is 0 Å². The molecule has 2 aromatic rings. The molecule has 1 aromatic heterocycles. The molecule has 0 amide bonds. The maximum absolute atomic E-state index is 4.19. The third-order valence-electron chi connectivity index (χ3n) is 1.76. The second kappa shape index (κ2) is 4.41. The second-order valence-corrected chi connectivity index (χ2v) is 4.10. The second-order valence-electron chi connectivity index (χ2n) is 2.85. The summed E-state index contributed by atoms with van der Waals surface area (Å²) in [6, 6.07) is 14.0. The van der Waals surface area contributed by atoms with E-state index in [9.17, 15) is 0 Å². The van der Waals surface area contributed by atoms with Crippen molar-refractivity contribution in [2.45, 2.75) is 0 Å². The van der Waals surface area contributed by atoms with E-state index < -0.39 is 0 Å². The summed E-state index contributed by atoms with van der Waals surface area (Å²) in [7, 11) is 0. The minimum atomic E-state index is 0.870. The van der Waals surface area contributed by atoms with Gasteiger partial charge >= 0.3 is 0 Å². The van der Waals surface area contributed by atoms with Gasteiger partial charge in [-0.1, -0.05) is 12.1 Å². The van der Waals surface area contributed by atoms with Gasteiger partial charge < -0.3 is 5.32 Å². The van der Waals surface area contributed by atoms with Crippen LogP contribution in [0.4, 0.5) is 11.5 Å². The summed E-state index contributed by atoms with van der Waals surface area (Å²) in [5.41, 5.74) is 1.07. The minimum absolute atomic E-state index is 0.870. The van der Waals surface area contributed by atoms with Crippen LogP contribution in [-0.2, 0) is 0 Å². The third-order valence-corrected chi connectivity index (χ3v) is 2.43. The van der Waals surface area contributed by atoms with Gasteiger partial charge in [0.1, 0.15) is 5.82 Å². The highest BCUT2D eigenvalue weighted by Crippen LogP contribution is 2.16. The van der Waals surface area contributed by atoms with Crippen molar-refractivity contribution in [1.29, 1.82) is 0 Å². The topological polar surface area (TPSA) is 24.9 Å². The van der Waals surface area contributed by atoms with Crippen LogP contribution in [0.15, 0.2) is 48.7 Å². The summed E-state index contributed by atoms with van der Waals surface area (Å²) in [5.74, 6) is 0.870. The summed E-state index contributed by atoms with van der Waals surface area (Å²) in [6.07, 6.45) is 1.77. The molecule has 0 radical (unpaired) electrons. The summed E-state index contributed by atoms with van der Waals surface area (Å²) < 4.78 is 1.21. The van der Waals surface area contributed by atoms with Crippen LogP contribution in [0.2, 0.25) is 0 Å². The third kappa shape index (κ3) is 2.45. The van der Waals surface area contributed by atoms with Gasteiger partial charge in [0.15, 0.2) is 0 Å². The van der Waals surface area contributed by atoms with Crippen LogP contribution in [-0.4, -0.2) is 4.98 Å². The lowest BCUT2D eigenvalue weighted by atomic mass is 10.3. The first kappa shape index (κ1) is 9.45. The number of halogens is 1. The number of hydrogen-bond acceptors (Lipinski definition) is 2. The first-order chi connectivity index (χ1) is 6.84. The molecule has 2 rings (SSSR count). The van der Waals surface area contributed by atoms with E-state index in [1.807, 2.05) is 30.3 Å². The Morgan fingerprint density at radius 1 is 1.07 bits per heavy atom. The van der Waals surface area contributed by atoms with Gasteiger partial charge in [-0.05, 0) is 52.9 Å². The number of aromatic nitrogens is 1. The van der Waals surface area contributed by atoms with E-state index in [-0.39, 0.29) is 0 Å². The smallest absolute Gasteiger partial charge is 0.130 e. The zero-order valence-electron chi connectivity index (χ0n) is 7.44. The molecule has 0 fully saturated rings. The number of rotatable bonds is 2. The number of anilines is 2. The largest absolute Gasteiger partial charge is 0.340 e. The molecule has 1 aromatic carbocycles. The molecule has 1 N–H and O–H groups in total. The normalized spacial score (nSPS) is 9.79. The number of nitrogens with one attached hydrogen (secondary N) is 1. The zero-order chi connectivity index (χ0) is 9.80.